The predicted octanol–water partition coefficient (Wildman–Crippen LogP) is 4.51. The number of ketones is 1. The van der Waals surface area contributed by atoms with Crippen LogP contribution in [0.5, 0.6) is 5.75 Å². The van der Waals surface area contributed by atoms with E-state index in [1.165, 1.54) is 40.6 Å². The maximum absolute atomic E-state index is 13.4. The summed E-state index contributed by atoms with van der Waals surface area (Å²) in [5, 5.41) is 0.819. The molecule has 0 atom stereocenters. The van der Waals surface area contributed by atoms with Crippen LogP contribution in [0.4, 0.5) is 4.39 Å². The lowest BCUT2D eigenvalue weighted by molar-refractivity contribution is 0.102. The van der Waals surface area contributed by atoms with Gasteiger partial charge in [-0.05, 0) is 60.7 Å². The number of ether oxygens (including phenoxy) is 1. The van der Waals surface area contributed by atoms with Gasteiger partial charge in [0.25, 0.3) is 5.56 Å². The number of thioether (sulfide) groups is 1. The van der Waals surface area contributed by atoms with Gasteiger partial charge in [-0.1, -0.05) is 23.9 Å². The molecule has 1 aromatic heterocycles. The largest absolute Gasteiger partial charge is 0.497 e. The number of benzene rings is 3. The van der Waals surface area contributed by atoms with Gasteiger partial charge in [0.15, 0.2) is 10.9 Å². The average Bonchev–Trinajstić information content (AvgIpc) is 2.78. The van der Waals surface area contributed by atoms with E-state index in [2.05, 4.69) is 4.98 Å². The van der Waals surface area contributed by atoms with Gasteiger partial charge in [0.05, 0.1) is 29.5 Å². The third-order valence-corrected chi connectivity index (χ3v) is 5.51. The van der Waals surface area contributed by atoms with Crippen molar-refractivity contribution in [2.24, 2.45) is 0 Å². The molecule has 4 rings (SSSR count). The Labute approximate surface area is 176 Å². The van der Waals surface area contributed by atoms with Crippen molar-refractivity contribution in [2.75, 3.05) is 12.9 Å². The molecule has 7 heteroatoms. The van der Waals surface area contributed by atoms with Crippen molar-refractivity contribution >= 4 is 28.4 Å². The standard InChI is InChI=1S/C23H17FN2O3S/c1-29-18-12-6-15(7-13-18)21(27)14-30-23-25-20-5-3-2-4-19(20)22(28)26(23)17-10-8-16(24)9-11-17/h2-13H,14H2,1H3. The number of hydrogen-bond donors (Lipinski definition) is 0. The number of fused-ring (bicyclic) bond motifs is 1. The lowest BCUT2D eigenvalue weighted by Crippen LogP contribution is -2.22. The molecule has 0 aliphatic rings. The average molecular weight is 420 g/mol. The summed E-state index contributed by atoms with van der Waals surface area (Å²) in [4.78, 5) is 30.4. The van der Waals surface area contributed by atoms with Crippen molar-refractivity contribution in [3.05, 3.63) is 94.5 Å². The Bertz CT molecular complexity index is 1270. The van der Waals surface area contributed by atoms with Gasteiger partial charge in [-0.2, -0.15) is 0 Å². The number of aromatic nitrogens is 2. The lowest BCUT2D eigenvalue weighted by Gasteiger charge is -2.13. The number of carbonyl (C=O) groups is 1. The van der Waals surface area contributed by atoms with Crippen LogP contribution >= 0.6 is 11.8 Å². The van der Waals surface area contributed by atoms with E-state index in [9.17, 15) is 14.0 Å². The number of halogens is 1. The lowest BCUT2D eigenvalue weighted by atomic mass is 10.1. The topological polar surface area (TPSA) is 61.2 Å². The van der Waals surface area contributed by atoms with Crippen LogP contribution in [0, 0.1) is 5.82 Å². The second kappa shape index (κ2) is 8.51. The Morgan fingerprint density at radius 1 is 1.03 bits per heavy atom. The van der Waals surface area contributed by atoms with E-state index in [1.54, 1.807) is 55.6 Å². The number of Topliss-reactive ketones (excluding diaryl/α,β-unsaturated/α-hetero) is 1. The summed E-state index contributed by atoms with van der Waals surface area (Å²) in [6, 6.07) is 19.5. The fourth-order valence-corrected chi connectivity index (χ4v) is 3.92. The normalized spacial score (nSPS) is 10.9. The number of rotatable bonds is 6. The molecule has 3 aromatic carbocycles. The first-order chi connectivity index (χ1) is 14.6. The summed E-state index contributed by atoms with van der Waals surface area (Å²) >= 11 is 1.17. The molecule has 5 nitrogen and oxygen atoms in total. The molecule has 0 aliphatic heterocycles. The quantitative estimate of drug-likeness (QED) is 0.261. The maximum Gasteiger partial charge on any atom is 0.266 e. The van der Waals surface area contributed by atoms with Gasteiger partial charge in [0.1, 0.15) is 11.6 Å². The third kappa shape index (κ3) is 3.97. The van der Waals surface area contributed by atoms with Gasteiger partial charge in [-0.3, -0.25) is 14.2 Å². The molecule has 0 radical (unpaired) electrons. The summed E-state index contributed by atoms with van der Waals surface area (Å²) in [7, 11) is 1.56. The molecule has 0 amide bonds. The molecule has 0 aliphatic carbocycles. The molecule has 0 saturated carbocycles. The molecule has 0 bridgehead atoms. The van der Waals surface area contributed by atoms with E-state index >= 15 is 0 Å². The maximum atomic E-state index is 13.4. The molecular formula is C23H17FN2O3S. The van der Waals surface area contributed by atoms with Crippen LogP contribution in [0.15, 0.2) is 82.7 Å². The molecular weight excluding hydrogens is 403 g/mol. The summed E-state index contributed by atoms with van der Waals surface area (Å²) in [5.41, 5.74) is 1.30. The highest BCUT2D eigenvalue weighted by Crippen LogP contribution is 2.23. The molecule has 0 saturated heterocycles. The van der Waals surface area contributed by atoms with Crippen LogP contribution in [-0.4, -0.2) is 28.2 Å². The molecule has 1 heterocycles. The Hall–Kier alpha value is -3.45. The minimum atomic E-state index is -0.399. The second-order valence-electron chi connectivity index (χ2n) is 6.47. The summed E-state index contributed by atoms with van der Waals surface area (Å²) in [6.07, 6.45) is 0. The number of carbonyl (C=O) groups excluding carboxylic acids is 1. The van der Waals surface area contributed by atoms with Gasteiger partial charge in [0, 0.05) is 5.56 Å². The first kappa shape index (κ1) is 19.8. The van der Waals surface area contributed by atoms with Crippen molar-refractivity contribution in [2.45, 2.75) is 5.16 Å². The van der Waals surface area contributed by atoms with Crippen molar-refractivity contribution < 1.29 is 13.9 Å². The first-order valence-electron chi connectivity index (χ1n) is 9.14. The highest BCUT2D eigenvalue weighted by Gasteiger charge is 2.15. The molecule has 4 aromatic rings. The van der Waals surface area contributed by atoms with E-state index in [1.807, 2.05) is 0 Å². The highest BCUT2D eigenvalue weighted by atomic mass is 32.2. The van der Waals surface area contributed by atoms with Crippen LogP contribution in [0.1, 0.15) is 10.4 Å². The van der Waals surface area contributed by atoms with Crippen molar-refractivity contribution in [1.82, 2.24) is 9.55 Å². The zero-order chi connectivity index (χ0) is 21.1. The SMILES string of the molecule is COc1ccc(C(=O)CSc2nc3ccccc3c(=O)n2-c2ccc(F)cc2)cc1. The smallest absolute Gasteiger partial charge is 0.266 e. The minimum Gasteiger partial charge on any atom is -0.497 e. The van der Waals surface area contributed by atoms with Crippen LogP contribution in [0.2, 0.25) is 0 Å². The fourth-order valence-electron chi connectivity index (χ4n) is 3.02. The van der Waals surface area contributed by atoms with E-state index in [4.69, 9.17) is 4.74 Å². The third-order valence-electron chi connectivity index (χ3n) is 4.57. The van der Waals surface area contributed by atoms with Crippen LogP contribution < -0.4 is 10.3 Å². The van der Waals surface area contributed by atoms with E-state index in [0.29, 0.717) is 33.1 Å². The number of hydrogen-bond acceptors (Lipinski definition) is 5. The molecule has 0 N–H and O–H groups in total. The summed E-state index contributed by atoms with van der Waals surface area (Å²) in [6.45, 7) is 0. The Balaban J connectivity index is 1.71. The summed E-state index contributed by atoms with van der Waals surface area (Å²) < 4.78 is 19.9. The summed E-state index contributed by atoms with van der Waals surface area (Å²) in [5.74, 6) is 0.263. The van der Waals surface area contributed by atoms with E-state index in [0.717, 1.165) is 0 Å². The van der Waals surface area contributed by atoms with Crippen LogP contribution in [0.25, 0.3) is 16.6 Å². The Morgan fingerprint density at radius 2 is 1.73 bits per heavy atom. The van der Waals surface area contributed by atoms with Crippen LogP contribution in [-0.2, 0) is 0 Å². The van der Waals surface area contributed by atoms with Gasteiger partial charge in [-0.15, -0.1) is 0 Å². The van der Waals surface area contributed by atoms with Crippen LogP contribution in [0.3, 0.4) is 0 Å². The van der Waals surface area contributed by atoms with E-state index < -0.39 is 5.82 Å². The Morgan fingerprint density at radius 3 is 2.43 bits per heavy atom. The minimum absolute atomic E-state index is 0.0955. The molecule has 30 heavy (non-hydrogen) atoms. The molecule has 0 spiro atoms. The zero-order valence-corrected chi connectivity index (χ0v) is 16.9. The molecule has 150 valence electrons. The van der Waals surface area contributed by atoms with Crippen molar-refractivity contribution in [3.8, 4) is 11.4 Å². The van der Waals surface area contributed by atoms with Crippen molar-refractivity contribution in [3.63, 3.8) is 0 Å². The molecule has 0 fully saturated rings. The van der Waals surface area contributed by atoms with Crippen molar-refractivity contribution in [1.29, 1.82) is 0 Å². The second-order valence-corrected chi connectivity index (χ2v) is 7.41. The van der Waals surface area contributed by atoms with Gasteiger partial charge in [0.2, 0.25) is 0 Å². The Kier molecular flexibility index (Phi) is 5.63. The number of para-hydroxylation sites is 1. The zero-order valence-electron chi connectivity index (χ0n) is 16.0. The van der Waals surface area contributed by atoms with E-state index in [-0.39, 0.29) is 17.1 Å². The van der Waals surface area contributed by atoms with Gasteiger partial charge in [-0.25, -0.2) is 9.37 Å². The van der Waals surface area contributed by atoms with Gasteiger partial charge < -0.3 is 4.74 Å². The monoisotopic (exact) mass is 420 g/mol. The highest BCUT2D eigenvalue weighted by molar-refractivity contribution is 7.99. The first-order valence-corrected chi connectivity index (χ1v) is 10.1. The molecule has 0 unspecified atom stereocenters. The fraction of sp³-hybridized carbons (Fsp3) is 0.0870. The predicted molar refractivity (Wildman–Crippen MR) is 115 cm³/mol. The van der Waals surface area contributed by atoms with Gasteiger partial charge >= 0.3 is 0 Å². The number of nitrogens with zero attached hydrogens (tertiary/aromatic N) is 2. The number of methoxy groups -OCH3 is 1.